The van der Waals surface area contributed by atoms with Crippen molar-refractivity contribution in [2.45, 2.75) is 22.6 Å². The molecular weight excluding hydrogens is 353 g/mol. The summed E-state index contributed by atoms with van der Waals surface area (Å²) < 4.78 is 39.1. The van der Waals surface area contributed by atoms with E-state index in [2.05, 4.69) is 20.9 Å². The van der Waals surface area contributed by atoms with E-state index in [4.69, 9.17) is 5.73 Å². The van der Waals surface area contributed by atoms with Crippen LogP contribution in [0.2, 0.25) is 0 Å². The molecule has 0 aliphatic rings. The Hall–Kier alpha value is -1.05. The van der Waals surface area contributed by atoms with E-state index < -0.39 is 11.7 Å². The first-order valence-electron chi connectivity index (χ1n) is 5.60. The molecule has 7 heteroatoms. The van der Waals surface area contributed by atoms with E-state index in [1.807, 2.05) is 6.07 Å². The highest BCUT2D eigenvalue weighted by Crippen LogP contribution is 2.36. The molecule has 2 rings (SSSR count). The first kappa shape index (κ1) is 15.3. The number of hydrogen-bond donors (Lipinski definition) is 1. The van der Waals surface area contributed by atoms with Crippen molar-refractivity contribution in [2.24, 2.45) is 5.73 Å². The van der Waals surface area contributed by atoms with Gasteiger partial charge in [0.15, 0.2) is 0 Å². The first-order chi connectivity index (χ1) is 9.41. The van der Waals surface area contributed by atoms with Crippen molar-refractivity contribution in [1.29, 1.82) is 0 Å². The van der Waals surface area contributed by atoms with Gasteiger partial charge >= 0.3 is 6.18 Å². The van der Waals surface area contributed by atoms with E-state index >= 15 is 0 Å². The zero-order chi connectivity index (χ0) is 14.8. The van der Waals surface area contributed by atoms with Crippen molar-refractivity contribution >= 4 is 27.7 Å². The van der Waals surface area contributed by atoms with Crippen molar-refractivity contribution in [3.05, 3.63) is 52.1 Å². The fourth-order valence-electron chi connectivity index (χ4n) is 1.64. The lowest BCUT2D eigenvalue weighted by Gasteiger charge is -2.13. The smallest absolute Gasteiger partial charge is 0.326 e. The summed E-state index contributed by atoms with van der Waals surface area (Å²) in [5.41, 5.74) is 4.79. The number of nitrogens with zero attached hydrogens (tertiary/aromatic N) is 1. The van der Waals surface area contributed by atoms with E-state index in [1.54, 1.807) is 12.3 Å². The second-order valence-electron chi connectivity index (χ2n) is 3.91. The third-order valence-corrected chi connectivity index (χ3v) is 4.45. The maximum absolute atomic E-state index is 12.8. The Morgan fingerprint density at radius 3 is 2.60 bits per heavy atom. The SMILES string of the molecule is NCc1cc(Sc2ncccc2Br)ccc1C(F)(F)F. The predicted octanol–water partition coefficient (Wildman–Crippen LogP) is 4.47. The van der Waals surface area contributed by atoms with Gasteiger partial charge in [-0.1, -0.05) is 11.8 Å². The van der Waals surface area contributed by atoms with Crippen LogP contribution < -0.4 is 5.73 Å². The number of pyridine rings is 1. The van der Waals surface area contributed by atoms with Gasteiger partial charge in [-0.25, -0.2) is 4.98 Å². The van der Waals surface area contributed by atoms with Crippen LogP contribution in [0, 0.1) is 0 Å². The van der Waals surface area contributed by atoms with Crippen molar-refractivity contribution < 1.29 is 13.2 Å². The molecule has 0 aliphatic heterocycles. The van der Waals surface area contributed by atoms with Crippen molar-refractivity contribution in [1.82, 2.24) is 4.98 Å². The molecule has 2 aromatic rings. The molecule has 0 amide bonds. The molecule has 0 fully saturated rings. The molecule has 2 N–H and O–H groups in total. The van der Waals surface area contributed by atoms with Crippen LogP contribution >= 0.6 is 27.7 Å². The molecule has 106 valence electrons. The third-order valence-electron chi connectivity index (χ3n) is 2.54. The Bertz CT molecular complexity index is 617. The summed E-state index contributed by atoms with van der Waals surface area (Å²) in [6, 6.07) is 7.53. The molecule has 0 bridgehead atoms. The average molecular weight is 363 g/mol. The van der Waals surface area contributed by atoms with Gasteiger partial charge in [0, 0.05) is 17.6 Å². The summed E-state index contributed by atoms with van der Waals surface area (Å²) >= 11 is 4.63. The number of nitrogens with two attached hydrogens (primary N) is 1. The Kier molecular flexibility index (Phi) is 4.72. The van der Waals surface area contributed by atoms with Crippen LogP contribution in [-0.4, -0.2) is 4.98 Å². The lowest BCUT2D eigenvalue weighted by molar-refractivity contribution is -0.138. The Balaban J connectivity index is 2.33. The van der Waals surface area contributed by atoms with Gasteiger partial charge in [-0.2, -0.15) is 13.2 Å². The minimum Gasteiger partial charge on any atom is -0.326 e. The molecule has 0 unspecified atom stereocenters. The van der Waals surface area contributed by atoms with Gasteiger partial charge in [0.1, 0.15) is 5.03 Å². The van der Waals surface area contributed by atoms with Crippen LogP contribution in [0.25, 0.3) is 0 Å². The highest BCUT2D eigenvalue weighted by molar-refractivity contribution is 9.10. The molecule has 0 radical (unpaired) electrons. The van der Waals surface area contributed by atoms with Gasteiger partial charge in [0.25, 0.3) is 0 Å². The van der Waals surface area contributed by atoms with Gasteiger partial charge in [0.05, 0.1) is 10.0 Å². The maximum Gasteiger partial charge on any atom is 0.416 e. The number of aromatic nitrogens is 1. The van der Waals surface area contributed by atoms with Crippen LogP contribution in [0.1, 0.15) is 11.1 Å². The molecule has 0 saturated carbocycles. The fourth-order valence-corrected chi connectivity index (χ4v) is 2.97. The van der Waals surface area contributed by atoms with E-state index in [-0.39, 0.29) is 12.1 Å². The number of hydrogen-bond acceptors (Lipinski definition) is 3. The largest absolute Gasteiger partial charge is 0.416 e. The fraction of sp³-hybridized carbons (Fsp3) is 0.154. The van der Waals surface area contributed by atoms with Gasteiger partial charge in [-0.05, 0) is 51.8 Å². The highest BCUT2D eigenvalue weighted by Gasteiger charge is 2.32. The van der Waals surface area contributed by atoms with Crippen molar-refractivity contribution in [2.75, 3.05) is 0 Å². The van der Waals surface area contributed by atoms with Gasteiger partial charge in [0.2, 0.25) is 0 Å². The van der Waals surface area contributed by atoms with E-state index in [9.17, 15) is 13.2 Å². The maximum atomic E-state index is 12.8. The third kappa shape index (κ3) is 3.53. The van der Waals surface area contributed by atoms with Crippen molar-refractivity contribution in [3.63, 3.8) is 0 Å². The zero-order valence-corrected chi connectivity index (χ0v) is 12.5. The Morgan fingerprint density at radius 2 is 2.00 bits per heavy atom. The lowest BCUT2D eigenvalue weighted by Crippen LogP contribution is -2.11. The summed E-state index contributed by atoms with van der Waals surface area (Å²) in [4.78, 5) is 4.83. The summed E-state index contributed by atoms with van der Waals surface area (Å²) in [6.45, 7) is -0.160. The Morgan fingerprint density at radius 1 is 1.25 bits per heavy atom. The monoisotopic (exact) mass is 362 g/mol. The minimum absolute atomic E-state index is 0.0783. The average Bonchev–Trinajstić information content (AvgIpc) is 2.40. The molecule has 1 heterocycles. The van der Waals surface area contributed by atoms with Crippen LogP contribution in [0.5, 0.6) is 0 Å². The molecule has 1 aromatic carbocycles. The second-order valence-corrected chi connectivity index (χ2v) is 5.83. The van der Waals surface area contributed by atoms with Gasteiger partial charge in [-0.3, -0.25) is 0 Å². The number of alkyl halides is 3. The molecule has 2 nitrogen and oxygen atoms in total. The van der Waals surface area contributed by atoms with Crippen LogP contribution in [0.4, 0.5) is 13.2 Å². The van der Waals surface area contributed by atoms with Crippen LogP contribution in [0.3, 0.4) is 0 Å². The predicted molar refractivity (Wildman–Crippen MR) is 75.4 cm³/mol. The number of halogens is 4. The lowest BCUT2D eigenvalue weighted by atomic mass is 10.1. The van der Waals surface area contributed by atoms with E-state index in [0.29, 0.717) is 9.92 Å². The molecule has 0 atom stereocenters. The Labute approximate surface area is 126 Å². The van der Waals surface area contributed by atoms with Gasteiger partial charge < -0.3 is 5.73 Å². The molecule has 1 aromatic heterocycles. The molecule has 0 spiro atoms. The van der Waals surface area contributed by atoms with Crippen LogP contribution in [-0.2, 0) is 12.7 Å². The summed E-state index contributed by atoms with van der Waals surface area (Å²) in [5.74, 6) is 0. The molecule has 20 heavy (non-hydrogen) atoms. The first-order valence-corrected chi connectivity index (χ1v) is 7.21. The molecule has 0 saturated heterocycles. The van der Waals surface area contributed by atoms with Crippen LogP contribution in [0.15, 0.2) is 50.9 Å². The zero-order valence-electron chi connectivity index (χ0n) is 10.1. The standard InChI is InChI=1S/C13H10BrF3N2S/c14-11-2-1-5-19-12(11)20-9-3-4-10(13(15,16)17)8(6-9)7-18/h1-6H,7,18H2. The molecular formula is C13H10BrF3N2S. The second kappa shape index (κ2) is 6.15. The molecule has 0 aliphatic carbocycles. The summed E-state index contributed by atoms with van der Waals surface area (Å²) in [6.07, 6.45) is -2.76. The van der Waals surface area contributed by atoms with Crippen molar-refractivity contribution in [3.8, 4) is 0 Å². The minimum atomic E-state index is -4.39. The number of rotatable bonds is 3. The highest BCUT2D eigenvalue weighted by atomic mass is 79.9. The quantitative estimate of drug-likeness (QED) is 0.875. The van der Waals surface area contributed by atoms with E-state index in [0.717, 1.165) is 10.5 Å². The summed E-state index contributed by atoms with van der Waals surface area (Å²) in [5, 5.41) is 0.690. The van der Waals surface area contributed by atoms with Gasteiger partial charge in [-0.15, -0.1) is 0 Å². The summed E-state index contributed by atoms with van der Waals surface area (Å²) in [7, 11) is 0. The normalized spacial score (nSPS) is 11.7. The topological polar surface area (TPSA) is 38.9 Å². The van der Waals surface area contributed by atoms with E-state index in [1.165, 1.54) is 23.9 Å². The number of benzene rings is 1.